The van der Waals surface area contributed by atoms with E-state index >= 15 is 0 Å². The average Bonchev–Trinajstić information content (AvgIpc) is 2.00. The summed E-state index contributed by atoms with van der Waals surface area (Å²) in [4.78, 5) is 3.27. The highest BCUT2D eigenvalue weighted by Gasteiger charge is 2.25. The molecule has 0 fully saturated rings. The van der Waals surface area contributed by atoms with Crippen molar-refractivity contribution >= 4 is 18.6 Å². The minimum atomic E-state index is -1.50. The van der Waals surface area contributed by atoms with Crippen LogP contribution in [0.1, 0.15) is 26.7 Å². The summed E-state index contributed by atoms with van der Waals surface area (Å²) in [7, 11) is 0.488. The molecule has 10 heavy (non-hydrogen) atoms. The molecule has 0 heterocycles. The largest absolute Gasteiger partial charge is 0.328 e. The summed E-state index contributed by atoms with van der Waals surface area (Å²) in [5.74, 6) is 0. The summed E-state index contributed by atoms with van der Waals surface area (Å²) >= 11 is 6.31. The van der Waals surface area contributed by atoms with Crippen molar-refractivity contribution in [3.63, 3.8) is 0 Å². The Hall–Kier alpha value is 0.467. The molecule has 0 amide bonds. The normalized spacial score (nSPS) is 16.8. The van der Waals surface area contributed by atoms with E-state index in [4.69, 9.17) is 11.1 Å². The lowest BCUT2D eigenvalue weighted by atomic mass is 10.4. The van der Waals surface area contributed by atoms with Gasteiger partial charge < -0.3 is 4.98 Å². The summed E-state index contributed by atoms with van der Waals surface area (Å²) in [6.07, 6.45) is 2.52. The second kappa shape index (κ2) is 5.16. The number of hydrogen-bond donors (Lipinski definition) is 1. The molecule has 0 aliphatic carbocycles. The van der Waals surface area contributed by atoms with Crippen LogP contribution in [0.2, 0.25) is 12.1 Å². The number of rotatable bonds is 5. The van der Waals surface area contributed by atoms with Crippen molar-refractivity contribution in [2.24, 2.45) is 0 Å². The topological polar surface area (TPSA) is 12.0 Å². The van der Waals surface area contributed by atoms with E-state index in [9.17, 15) is 0 Å². The van der Waals surface area contributed by atoms with E-state index in [0.29, 0.717) is 0 Å². The third-order valence-electron chi connectivity index (χ3n) is 1.94. The van der Waals surface area contributed by atoms with Crippen molar-refractivity contribution in [1.82, 2.24) is 4.98 Å². The molecule has 0 saturated carbocycles. The first-order chi connectivity index (χ1) is 4.68. The molecule has 0 aromatic heterocycles. The van der Waals surface area contributed by atoms with E-state index in [1.165, 1.54) is 18.9 Å². The second-order valence-electron chi connectivity index (χ2n) is 2.67. The van der Waals surface area contributed by atoms with Crippen molar-refractivity contribution in [2.75, 3.05) is 7.05 Å². The van der Waals surface area contributed by atoms with E-state index in [1.54, 1.807) is 0 Å². The van der Waals surface area contributed by atoms with Crippen LogP contribution >= 0.6 is 11.1 Å². The Morgan fingerprint density at radius 3 is 2.30 bits per heavy atom. The number of halogens is 1. The van der Waals surface area contributed by atoms with E-state index in [2.05, 4.69) is 18.8 Å². The molecule has 0 radical (unpaired) electrons. The fourth-order valence-electron chi connectivity index (χ4n) is 0.936. The molecule has 0 spiro atoms. The zero-order valence-electron chi connectivity index (χ0n) is 7.21. The molecule has 3 heteroatoms. The standard InChI is InChI=1S/C7H18ClNSi/c1-4-6-7-10(8,5-2)9-3/h9H,4-7H2,1-3H3. The highest BCUT2D eigenvalue weighted by atomic mass is 35.6. The van der Waals surface area contributed by atoms with Gasteiger partial charge in [0.1, 0.15) is 0 Å². The van der Waals surface area contributed by atoms with Crippen LogP contribution in [-0.4, -0.2) is 14.6 Å². The Morgan fingerprint density at radius 1 is 1.40 bits per heavy atom. The van der Waals surface area contributed by atoms with Crippen molar-refractivity contribution in [3.05, 3.63) is 0 Å². The van der Waals surface area contributed by atoms with Gasteiger partial charge in [-0.15, -0.1) is 11.1 Å². The molecule has 0 bridgehead atoms. The van der Waals surface area contributed by atoms with Gasteiger partial charge in [-0.1, -0.05) is 26.7 Å². The Labute approximate surface area is 69.9 Å². The van der Waals surface area contributed by atoms with Crippen LogP contribution in [-0.2, 0) is 0 Å². The van der Waals surface area contributed by atoms with Crippen LogP contribution in [0.5, 0.6) is 0 Å². The van der Waals surface area contributed by atoms with Gasteiger partial charge in [0.2, 0.25) is 7.55 Å². The van der Waals surface area contributed by atoms with E-state index < -0.39 is 7.55 Å². The van der Waals surface area contributed by atoms with Gasteiger partial charge in [-0.2, -0.15) is 0 Å². The molecule has 0 aromatic rings. The maximum atomic E-state index is 6.31. The first-order valence-electron chi connectivity index (χ1n) is 4.06. The van der Waals surface area contributed by atoms with Crippen LogP contribution in [0.25, 0.3) is 0 Å². The quantitative estimate of drug-likeness (QED) is 0.506. The minimum Gasteiger partial charge on any atom is -0.328 e. The molecule has 0 aliphatic heterocycles. The van der Waals surface area contributed by atoms with Crippen LogP contribution in [0.15, 0.2) is 0 Å². The third kappa shape index (κ3) is 3.59. The first kappa shape index (κ1) is 10.5. The monoisotopic (exact) mass is 179 g/mol. The smallest absolute Gasteiger partial charge is 0.226 e. The molecule has 62 valence electrons. The molecule has 1 N–H and O–H groups in total. The fourth-order valence-corrected chi connectivity index (χ4v) is 3.21. The van der Waals surface area contributed by atoms with Crippen molar-refractivity contribution in [2.45, 2.75) is 38.8 Å². The molecule has 0 saturated heterocycles. The van der Waals surface area contributed by atoms with Gasteiger partial charge >= 0.3 is 0 Å². The zero-order chi connectivity index (χ0) is 8.04. The summed E-state index contributed by atoms with van der Waals surface area (Å²) < 4.78 is 0. The van der Waals surface area contributed by atoms with E-state index in [1.807, 2.05) is 7.05 Å². The second-order valence-corrected chi connectivity index (χ2v) is 8.48. The first-order valence-corrected chi connectivity index (χ1v) is 7.49. The van der Waals surface area contributed by atoms with E-state index in [0.717, 1.165) is 6.04 Å². The van der Waals surface area contributed by atoms with Gasteiger partial charge in [0.05, 0.1) is 0 Å². The van der Waals surface area contributed by atoms with Gasteiger partial charge in [0.15, 0.2) is 0 Å². The zero-order valence-corrected chi connectivity index (χ0v) is 8.96. The van der Waals surface area contributed by atoms with E-state index in [-0.39, 0.29) is 0 Å². The lowest BCUT2D eigenvalue weighted by Gasteiger charge is -2.20. The molecule has 1 nitrogen and oxygen atoms in total. The summed E-state index contributed by atoms with van der Waals surface area (Å²) in [5.41, 5.74) is 0. The summed E-state index contributed by atoms with van der Waals surface area (Å²) in [6, 6.07) is 2.34. The average molecular weight is 180 g/mol. The molecular weight excluding hydrogens is 162 g/mol. The van der Waals surface area contributed by atoms with Crippen LogP contribution in [0.4, 0.5) is 0 Å². The minimum absolute atomic E-state index is 1.13. The molecule has 0 aromatic carbocycles. The van der Waals surface area contributed by atoms with Gasteiger partial charge in [-0.3, -0.25) is 0 Å². The predicted molar refractivity (Wildman–Crippen MR) is 50.9 cm³/mol. The third-order valence-corrected chi connectivity index (χ3v) is 7.03. The summed E-state index contributed by atoms with van der Waals surface area (Å²) in [5, 5.41) is 0. The van der Waals surface area contributed by atoms with Crippen molar-refractivity contribution in [3.8, 4) is 0 Å². The van der Waals surface area contributed by atoms with Crippen molar-refractivity contribution in [1.29, 1.82) is 0 Å². The van der Waals surface area contributed by atoms with Gasteiger partial charge in [0.25, 0.3) is 0 Å². The molecule has 0 rings (SSSR count). The Balaban J connectivity index is 3.58. The van der Waals surface area contributed by atoms with Crippen LogP contribution in [0.3, 0.4) is 0 Å². The molecule has 0 aliphatic rings. The van der Waals surface area contributed by atoms with Crippen LogP contribution < -0.4 is 4.98 Å². The van der Waals surface area contributed by atoms with Gasteiger partial charge in [-0.25, -0.2) is 0 Å². The molecule has 1 unspecified atom stereocenters. The maximum Gasteiger partial charge on any atom is 0.226 e. The highest BCUT2D eigenvalue weighted by molar-refractivity contribution is 7.18. The Bertz CT molecular complexity index is 83.7. The lowest BCUT2D eigenvalue weighted by molar-refractivity contribution is 0.856. The SMILES string of the molecule is CCCC[Si](Cl)(CC)NC. The number of nitrogens with one attached hydrogen (secondary N) is 1. The van der Waals surface area contributed by atoms with Gasteiger partial charge in [0, 0.05) is 0 Å². The maximum absolute atomic E-state index is 6.31. The number of hydrogen-bond acceptors (Lipinski definition) is 1. The molecular formula is C7H18ClNSi. The van der Waals surface area contributed by atoms with Crippen LogP contribution in [0, 0.1) is 0 Å². The van der Waals surface area contributed by atoms with Gasteiger partial charge in [-0.05, 0) is 19.1 Å². The van der Waals surface area contributed by atoms with Crippen molar-refractivity contribution < 1.29 is 0 Å². The highest BCUT2D eigenvalue weighted by Crippen LogP contribution is 2.18. The Morgan fingerprint density at radius 2 is 2.00 bits per heavy atom. The predicted octanol–water partition coefficient (Wildman–Crippen LogP) is 2.71. The number of unbranched alkanes of at least 4 members (excludes halogenated alkanes) is 1. The lowest BCUT2D eigenvalue weighted by Crippen LogP contribution is -2.41. The molecule has 1 atom stereocenters. The fraction of sp³-hybridized carbons (Fsp3) is 1.00. The Kier molecular flexibility index (Phi) is 5.40. The summed E-state index contributed by atoms with van der Waals surface area (Å²) in [6.45, 7) is 4.38.